The van der Waals surface area contributed by atoms with Gasteiger partial charge in [-0.25, -0.2) is 0 Å². The van der Waals surface area contributed by atoms with E-state index in [-0.39, 0.29) is 10.3 Å². The van der Waals surface area contributed by atoms with E-state index in [1.807, 2.05) is 0 Å². The zero-order valence-electron chi connectivity index (χ0n) is 7.68. The molecule has 1 aromatic rings. The largest absolute Gasteiger partial charge is 0.323 e. The Balaban J connectivity index is 2.88. The first-order valence-corrected chi connectivity index (χ1v) is 4.90. The number of nitrogens with one attached hydrogen (secondary N) is 1. The van der Waals surface area contributed by atoms with Crippen LogP contribution in [0, 0.1) is 0 Å². The average Bonchev–Trinajstić information content (AvgIpc) is 2.36. The third kappa shape index (κ3) is 1.94. The van der Waals surface area contributed by atoms with Crippen LogP contribution in [0.2, 0.25) is 0 Å². The summed E-state index contributed by atoms with van der Waals surface area (Å²) < 4.78 is 4.08. The van der Waals surface area contributed by atoms with Crippen LogP contribution in [0.25, 0.3) is 0 Å². The van der Waals surface area contributed by atoms with Gasteiger partial charge in [0.2, 0.25) is 0 Å². The molecule has 12 heavy (non-hydrogen) atoms. The average molecular weight is 186 g/mol. The molecule has 1 N–H and O–H groups in total. The van der Waals surface area contributed by atoms with E-state index >= 15 is 0 Å². The number of aromatic nitrogens is 2. The van der Waals surface area contributed by atoms with Crippen LogP contribution in [0.4, 0.5) is 0 Å². The molecular weight excluding hydrogens is 172 g/mol. The molecule has 4 heteroatoms. The van der Waals surface area contributed by atoms with Gasteiger partial charge in [-0.3, -0.25) is 9.78 Å². The molecule has 0 aromatic carbocycles. The first-order chi connectivity index (χ1) is 5.56. The van der Waals surface area contributed by atoms with E-state index < -0.39 is 0 Å². The van der Waals surface area contributed by atoms with Crippen LogP contribution < -0.4 is 4.87 Å². The van der Waals surface area contributed by atoms with Crippen LogP contribution >= 0.6 is 11.5 Å². The minimum atomic E-state index is -0.0609. The summed E-state index contributed by atoms with van der Waals surface area (Å²) in [6.45, 7) is 6.33. The van der Waals surface area contributed by atoms with Crippen LogP contribution in [-0.2, 0) is 5.41 Å². The summed E-state index contributed by atoms with van der Waals surface area (Å²) in [7, 11) is 0. The number of aromatic amines is 1. The molecule has 68 valence electrons. The smallest absolute Gasteiger partial charge is 0.299 e. The van der Waals surface area contributed by atoms with Crippen molar-refractivity contribution >= 4 is 11.5 Å². The zero-order valence-corrected chi connectivity index (χ0v) is 8.49. The van der Waals surface area contributed by atoms with Gasteiger partial charge in [0.15, 0.2) is 0 Å². The third-order valence-electron chi connectivity index (χ3n) is 1.96. The Kier molecular flexibility index (Phi) is 2.67. The maximum atomic E-state index is 10.8. The maximum absolute atomic E-state index is 10.8. The molecule has 3 nitrogen and oxygen atoms in total. The quantitative estimate of drug-likeness (QED) is 0.783. The molecular formula is C8H14N2OS. The Morgan fingerprint density at radius 2 is 2.25 bits per heavy atom. The molecule has 0 atom stereocenters. The summed E-state index contributed by atoms with van der Waals surface area (Å²) in [6, 6.07) is 0. The van der Waals surface area contributed by atoms with Gasteiger partial charge in [0.25, 0.3) is 0 Å². The van der Waals surface area contributed by atoms with Gasteiger partial charge in [-0.15, -0.1) is 0 Å². The number of H-pyrrole nitrogens is 1. The highest BCUT2D eigenvalue weighted by Crippen LogP contribution is 2.24. The lowest BCUT2D eigenvalue weighted by molar-refractivity contribution is 0.449. The Hall–Kier alpha value is -0.640. The van der Waals surface area contributed by atoms with Crippen molar-refractivity contribution in [3.8, 4) is 0 Å². The topological polar surface area (TPSA) is 45.8 Å². The molecule has 0 unspecified atom stereocenters. The number of rotatable bonds is 3. The minimum absolute atomic E-state index is 0.00785. The van der Waals surface area contributed by atoms with E-state index in [0.29, 0.717) is 0 Å². The molecule has 0 saturated heterocycles. The van der Waals surface area contributed by atoms with Gasteiger partial charge < -0.3 is 0 Å². The van der Waals surface area contributed by atoms with Crippen LogP contribution in [0.5, 0.6) is 0 Å². The highest BCUT2D eigenvalue weighted by molar-refractivity contribution is 7.02. The normalized spacial score (nSPS) is 11.9. The van der Waals surface area contributed by atoms with Gasteiger partial charge in [0.05, 0.1) is 0 Å². The predicted octanol–water partition coefficient (Wildman–Crippen LogP) is 1.91. The third-order valence-corrected chi connectivity index (χ3v) is 2.50. The molecule has 0 fully saturated rings. The van der Waals surface area contributed by atoms with E-state index in [4.69, 9.17) is 0 Å². The second-order valence-electron chi connectivity index (χ2n) is 3.58. The molecule has 1 rings (SSSR count). The molecule has 0 aliphatic carbocycles. The van der Waals surface area contributed by atoms with Crippen LogP contribution in [-0.4, -0.2) is 9.36 Å². The molecule has 0 radical (unpaired) electrons. The van der Waals surface area contributed by atoms with Gasteiger partial charge in [-0.2, -0.15) is 4.37 Å². The van der Waals surface area contributed by atoms with Crippen molar-refractivity contribution in [1.29, 1.82) is 0 Å². The highest BCUT2D eigenvalue weighted by Gasteiger charge is 2.22. The van der Waals surface area contributed by atoms with Crippen molar-refractivity contribution in [2.75, 3.05) is 0 Å². The molecule has 0 spiro atoms. The molecule has 0 aliphatic rings. The molecule has 0 saturated carbocycles. The SMILES string of the molecule is CCCC(C)(C)c1nsc(=O)[nH]1. The summed E-state index contributed by atoms with van der Waals surface area (Å²) in [4.78, 5) is 13.5. The van der Waals surface area contributed by atoms with Crippen molar-refractivity contribution in [2.24, 2.45) is 0 Å². The summed E-state index contributed by atoms with van der Waals surface area (Å²) in [5.41, 5.74) is 0.00785. The van der Waals surface area contributed by atoms with E-state index in [1.165, 1.54) is 0 Å². The fourth-order valence-corrected chi connectivity index (χ4v) is 1.87. The first-order valence-electron chi connectivity index (χ1n) is 4.13. The molecule has 1 heterocycles. The first kappa shape index (κ1) is 9.45. The molecule has 1 aromatic heterocycles. The summed E-state index contributed by atoms with van der Waals surface area (Å²) >= 11 is 0.996. The Bertz CT molecular complexity index is 300. The maximum Gasteiger partial charge on any atom is 0.323 e. The number of nitrogens with zero attached hydrogens (tertiary/aromatic N) is 1. The van der Waals surface area contributed by atoms with E-state index in [2.05, 4.69) is 30.1 Å². The summed E-state index contributed by atoms with van der Waals surface area (Å²) in [6.07, 6.45) is 2.15. The zero-order chi connectivity index (χ0) is 9.19. The fraction of sp³-hybridized carbons (Fsp3) is 0.750. The van der Waals surface area contributed by atoms with E-state index in [0.717, 1.165) is 30.2 Å². The summed E-state index contributed by atoms with van der Waals surface area (Å²) in [5.74, 6) is 0.819. The van der Waals surface area contributed by atoms with Gasteiger partial charge in [0.1, 0.15) is 5.82 Å². The lowest BCUT2D eigenvalue weighted by atomic mass is 9.87. The second kappa shape index (κ2) is 3.39. The number of hydrogen-bond acceptors (Lipinski definition) is 3. The molecule has 0 amide bonds. The van der Waals surface area contributed by atoms with Crippen molar-refractivity contribution < 1.29 is 0 Å². The van der Waals surface area contributed by atoms with E-state index in [1.54, 1.807) is 0 Å². The Labute approximate surface area is 76.0 Å². The Morgan fingerprint density at radius 3 is 2.67 bits per heavy atom. The van der Waals surface area contributed by atoms with E-state index in [9.17, 15) is 4.79 Å². The lowest BCUT2D eigenvalue weighted by Crippen LogP contribution is -2.19. The highest BCUT2D eigenvalue weighted by atomic mass is 32.1. The van der Waals surface area contributed by atoms with Crippen molar-refractivity contribution in [2.45, 2.75) is 39.0 Å². The fourth-order valence-electron chi connectivity index (χ4n) is 1.27. The van der Waals surface area contributed by atoms with Crippen LogP contribution in [0.3, 0.4) is 0 Å². The van der Waals surface area contributed by atoms with Gasteiger partial charge in [-0.05, 0) is 6.42 Å². The minimum Gasteiger partial charge on any atom is -0.299 e. The van der Waals surface area contributed by atoms with Gasteiger partial charge in [0, 0.05) is 16.9 Å². The second-order valence-corrected chi connectivity index (χ2v) is 4.31. The number of hydrogen-bond donors (Lipinski definition) is 1. The summed E-state index contributed by atoms with van der Waals surface area (Å²) in [5, 5.41) is 0. The Morgan fingerprint density at radius 1 is 1.58 bits per heavy atom. The molecule has 0 bridgehead atoms. The van der Waals surface area contributed by atoms with Crippen LogP contribution in [0.15, 0.2) is 4.79 Å². The van der Waals surface area contributed by atoms with Crippen molar-refractivity contribution in [3.63, 3.8) is 0 Å². The molecule has 0 aliphatic heterocycles. The van der Waals surface area contributed by atoms with Crippen molar-refractivity contribution in [3.05, 3.63) is 15.5 Å². The standard InChI is InChI=1S/C8H14N2OS/c1-4-5-8(2,3)6-9-7(11)12-10-6/h4-5H2,1-3H3,(H,9,10,11). The van der Waals surface area contributed by atoms with Gasteiger partial charge in [-0.1, -0.05) is 27.2 Å². The van der Waals surface area contributed by atoms with Gasteiger partial charge >= 0.3 is 4.87 Å². The van der Waals surface area contributed by atoms with Crippen molar-refractivity contribution in [1.82, 2.24) is 9.36 Å². The predicted molar refractivity (Wildman–Crippen MR) is 50.7 cm³/mol. The van der Waals surface area contributed by atoms with Crippen LogP contribution in [0.1, 0.15) is 39.4 Å². The monoisotopic (exact) mass is 186 g/mol. The lowest BCUT2D eigenvalue weighted by Gasteiger charge is -2.19.